The van der Waals surface area contributed by atoms with Gasteiger partial charge in [0, 0.05) is 32.1 Å². The summed E-state index contributed by atoms with van der Waals surface area (Å²) >= 11 is 0. The van der Waals surface area contributed by atoms with Gasteiger partial charge in [0.15, 0.2) is 0 Å². The molecule has 0 N–H and O–H groups in total. The highest BCUT2D eigenvalue weighted by atomic mass is 16.6. The molecule has 1 saturated heterocycles. The molecule has 0 radical (unpaired) electrons. The minimum atomic E-state index is -0.459. The first-order valence-corrected chi connectivity index (χ1v) is 8.30. The van der Waals surface area contributed by atoms with E-state index in [9.17, 15) is 10.1 Å². The molecule has 0 spiro atoms. The number of rotatable bonds is 7. The molecule has 1 aliphatic rings. The van der Waals surface area contributed by atoms with E-state index in [1.54, 1.807) is 25.4 Å². The average Bonchev–Trinajstić information content (AvgIpc) is 2.64. The van der Waals surface area contributed by atoms with Crippen LogP contribution in [0.3, 0.4) is 0 Å². The Morgan fingerprint density at radius 3 is 2.65 bits per heavy atom. The second-order valence-electron chi connectivity index (χ2n) is 5.84. The molecule has 1 aromatic heterocycles. The van der Waals surface area contributed by atoms with Gasteiger partial charge in [0.2, 0.25) is 5.75 Å². The number of nitro groups is 1. The Morgan fingerprint density at radius 2 is 2.00 bits per heavy atom. The molecule has 0 amide bonds. The van der Waals surface area contributed by atoms with Gasteiger partial charge in [-0.25, -0.2) is 0 Å². The van der Waals surface area contributed by atoms with Crippen molar-refractivity contribution in [1.29, 1.82) is 0 Å². The summed E-state index contributed by atoms with van der Waals surface area (Å²) in [6.07, 6.45) is 2.88. The monoisotopic (exact) mass is 360 g/mol. The summed E-state index contributed by atoms with van der Waals surface area (Å²) in [6, 6.07) is 8.02. The summed E-state index contributed by atoms with van der Waals surface area (Å²) in [4.78, 5) is 15.0. The van der Waals surface area contributed by atoms with Crippen molar-refractivity contribution < 1.29 is 23.9 Å². The molecular weight excluding hydrogens is 340 g/mol. The van der Waals surface area contributed by atoms with E-state index in [-0.39, 0.29) is 17.5 Å². The summed E-state index contributed by atoms with van der Waals surface area (Å²) in [6.45, 7) is 1.60. The number of hydrogen-bond donors (Lipinski definition) is 0. The van der Waals surface area contributed by atoms with Crippen LogP contribution in [0.1, 0.15) is 18.5 Å². The van der Waals surface area contributed by atoms with Crippen molar-refractivity contribution in [3.05, 3.63) is 52.3 Å². The van der Waals surface area contributed by atoms with Gasteiger partial charge in [-0.1, -0.05) is 0 Å². The third kappa shape index (κ3) is 4.68. The minimum absolute atomic E-state index is 0.0857. The Bertz CT molecular complexity index is 744. The summed E-state index contributed by atoms with van der Waals surface area (Å²) in [5.41, 5.74) is 0.699. The molecule has 26 heavy (non-hydrogen) atoms. The maximum atomic E-state index is 11.3. The maximum absolute atomic E-state index is 11.3. The first kappa shape index (κ1) is 18.1. The number of benzene rings is 1. The highest BCUT2D eigenvalue weighted by Gasteiger charge is 2.22. The number of ether oxygens (including phenoxy) is 4. The zero-order valence-corrected chi connectivity index (χ0v) is 14.4. The predicted octanol–water partition coefficient (Wildman–Crippen LogP) is 3.49. The van der Waals surface area contributed by atoms with Crippen molar-refractivity contribution in [2.45, 2.75) is 25.6 Å². The molecule has 0 aliphatic carbocycles. The molecule has 1 aromatic carbocycles. The molecule has 1 aliphatic heterocycles. The lowest BCUT2D eigenvalue weighted by molar-refractivity contribution is -0.386. The highest BCUT2D eigenvalue weighted by Crippen LogP contribution is 2.34. The van der Waals surface area contributed by atoms with Crippen LogP contribution in [0.15, 0.2) is 36.5 Å². The normalized spacial score (nSPS) is 14.8. The predicted molar refractivity (Wildman–Crippen MR) is 92.6 cm³/mol. The molecule has 0 saturated carbocycles. The smallest absolute Gasteiger partial charge is 0.311 e. The Kier molecular flexibility index (Phi) is 5.98. The second-order valence-corrected chi connectivity index (χ2v) is 5.84. The van der Waals surface area contributed by atoms with Crippen LogP contribution in [-0.2, 0) is 16.1 Å². The summed E-state index contributed by atoms with van der Waals surface area (Å²) in [5.74, 6) is 1.16. The molecule has 0 bridgehead atoms. The fourth-order valence-corrected chi connectivity index (χ4v) is 2.62. The van der Waals surface area contributed by atoms with Gasteiger partial charge in [0.1, 0.15) is 17.6 Å². The van der Waals surface area contributed by atoms with Crippen molar-refractivity contribution in [3.8, 4) is 17.2 Å². The van der Waals surface area contributed by atoms with Gasteiger partial charge < -0.3 is 18.9 Å². The highest BCUT2D eigenvalue weighted by molar-refractivity contribution is 5.51. The van der Waals surface area contributed by atoms with E-state index in [1.807, 2.05) is 0 Å². The van der Waals surface area contributed by atoms with E-state index in [4.69, 9.17) is 18.9 Å². The van der Waals surface area contributed by atoms with Gasteiger partial charge in [0.25, 0.3) is 0 Å². The Hall–Kier alpha value is -2.71. The minimum Gasteiger partial charge on any atom is -0.483 e. The molecular formula is C18H20N2O6. The Balaban J connectivity index is 1.76. The van der Waals surface area contributed by atoms with Crippen LogP contribution >= 0.6 is 0 Å². The first-order valence-electron chi connectivity index (χ1n) is 8.30. The van der Waals surface area contributed by atoms with Crippen molar-refractivity contribution in [2.75, 3.05) is 20.3 Å². The zero-order valence-electron chi connectivity index (χ0n) is 14.4. The fraction of sp³-hybridized carbons (Fsp3) is 0.389. The Labute approximate surface area is 150 Å². The summed E-state index contributed by atoms with van der Waals surface area (Å²) in [7, 11) is 1.60. The van der Waals surface area contributed by atoms with Crippen LogP contribution in [0, 0.1) is 10.1 Å². The molecule has 2 aromatic rings. The summed E-state index contributed by atoms with van der Waals surface area (Å²) in [5, 5.41) is 11.3. The molecule has 0 unspecified atom stereocenters. The number of aromatic nitrogens is 1. The van der Waals surface area contributed by atoms with E-state index in [0.29, 0.717) is 44.2 Å². The molecule has 8 heteroatoms. The lowest BCUT2D eigenvalue weighted by atomic mass is 10.1. The van der Waals surface area contributed by atoms with Gasteiger partial charge in [-0.3, -0.25) is 15.1 Å². The van der Waals surface area contributed by atoms with Crippen LogP contribution in [0.4, 0.5) is 5.69 Å². The van der Waals surface area contributed by atoms with Crippen LogP contribution in [0.2, 0.25) is 0 Å². The van der Waals surface area contributed by atoms with Gasteiger partial charge in [-0.05, 0) is 18.2 Å². The number of pyridine rings is 1. The van der Waals surface area contributed by atoms with Gasteiger partial charge >= 0.3 is 5.69 Å². The van der Waals surface area contributed by atoms with Crippen molar-refractivity contribution in [1.82, 2.24) is 4.98 Å². The molecule has 0 atom stereocenters. The van der Waals surface area contributed by atoms with Gasteiger partial charge in [0.05, 0.1) is 36.6 Å². The second kappa shape index (κ2) is 8.59. The lowest BCUT2D eigenvalue weighted by Gasteiger charge is -2.23. The van der Waals surface area contributed by atoms with E-state index in [0.717, 1.165) is 5.69 Å². The fourth-order valence-electron chi connectivity index (χ4n) is 2.62. The SMILES string of the molecule is COCc1ccc(Oc2ccc([N+](=O)[O-])c(OC3CCOCC3)c2)cn1. The topological polar surface area (TPSA) is 93.0 Å². The molecule has 1 fully saturated rings. The molecule has 138 valence electrons. The molecule has 3 rings (SSSR count). The van der Waals surface area contributed by atoms with Crippen molar-refractivity contribution in [3.63, 3.8) is 0 Å². The Morgan fingerprint density at radius 1 is 1.23 bits per heavy atom. The van der Waals surface area contributed by atoms with Crippen LogP contribution in [0.25, 0.3) is 0 Å². The average molecular weight is 360 g/mol. The summed E-state index contributed by atoms with van der Waals surface area (Å²) < 4.78 is 21.9. The third-order valence-corrected chi connectivity index (χ3v) is 3.92. The maximum Gasteiger partial charge on any atom is 0.311 e. The van der Waals surface area contributed by atoms with Crippen LogP contribution < -0.4 is 9.47 Å². The van der Waals surface area contributed by atoms with E-state index >= 15 is 0 Å². The first-order chi connectivity index (χ1) is 12.7. The van der Waals surface area contributed by atoms with Crippen molar-refractivity contribution >= 4 is 5.69 Å². The quantitative estimate of drug-likeness (QED) is 0.551. The van der Waals surface area contributed by atoms with Crippen LogP contribution in [-0.4, -0.2) is 36.3 Å². The van der Waals surface area contributed by atoms with Gasteiger partial charge in [-0.15, -0.1) is 0 Å². The van der Waals surface area contributed by atoms with Gasteiger partial charge in [-0.2, -0.15) is 0 Å². The largest absolute Gasteiger partial charge is 0.483 e. The number of methoxy groups -OCH3 is 1. The lowest BCUT2D eigenvalue weighted by Crippen LogP contribution is -2.26. The van der Waals surface area contributed by atoms with Crippen molar-refractivity contribution in [2.24, 2.45) is 0 Å². The zero-order chi connectivity index (χ0) is 18.4. The number of nitro benzene ring substituents is 1. The molecule has 8 nitrogen and oxygen atoms in total. The number of hydrogen-bond acceptors (Lipinski definition) is 7. The number of nitrogens with zero attached hydrogens (tertiary/aromatic N) is 2. The van der Waals surface area contributed by atoms with Crippen LogP contribution in [0.5, 0.6) is 17.2 Å². The van der Waals surface area contributed by atoms with E-state index in [1.165, 1.54) is 18.2 Å². The standard InChI is InChI=1S/C18H20N2O6/c1-23-12-13-2-3-16(11-19-13)25-15-4-5-17(20(21)22)18(10-15)26-14-6-8-24-9-7-14/h2-5,10-11,14H,6-9,12H2,1H3. The van der Waals surface area contributed by atoms with E-state index in [2.05, 4.69) is 4.98 Å². The van der Waals surface area contributed by atoms with E-state index < -0.39 is 4.92 Å². The third-order valence-electron chi connectivity index (χ3n) is 3.92. The molecule has 2 heterocycles.